The summed E-state index contributed by atoms with van der Waals surface area (Å²) in [6.45, 7) is 6.48. The molecule has 0 aromatic rings. The van der Waals surface area contributed by atoms with Crippen LogP contribution in [0, 0.1) is 5.92 Å². The van der Waals surface area contributed by atoms with Gasteiger partial charge in [-0.05, 0) is 45.4 Å². The highest BCUT2D eigenvalue weighted by molar-refractivity contribution is 5.88. The third-order valence-corrected chi connectivity index (χ3v) is 3.52. The van der Waals surface area contributed by atoms with Crippen LogP contribution in [0.4, 0.5) is 0 Å². The Kier molecular flexibility index (Phi) is 5.58. The molecule has 0 aromatic heterocycles. The minimum Gasteiger partial charge on any atom is -0.463 e. The van der Waals surface area contributed by atoms with Crippen molar-refractivity contribution >= 4 is 5.97 Å². The molecule has 0 spiro atoms. The fourth-order valence-electron chi connectivity index (χ4n) is 2.48. The lowest BCUT2D eigenvalue weighted by atomic mass is 9.82. The predicted octanol–water partition coefficient (Wildman–Crippen LogP) is 3.86. The summed E-state index contributed by atoms with van der Waals surface area (Å²) < 4.78 is 5.03. The van der Waals surface area contributed by atoms with E-state index in [-0.39, 0.29) is 5.97 Å². The fourth-order valence-corrected chi connectivity index (χ4v) is 2.48. The van der Waals surface area contributed by atoms with Gasteiger partial charge in [0.2, 0.25) is 0 Å². The summed E-state index contributed by atoms with van der Waals surface area (Å²) in [6, 6.07) is 0. The lowest BCUT2D eigenvalue weighted by Gasteiger charge is -2.24. The van der Waals surface area contributed by atoms with Gasteiger partial charge in [0, 0.05) is 5.57 Å². The van der Waals surface area contributed by atoms with Gasteiger partial charge in [0.1, 0.15) is 0 Å². The van der Waals surface area contributed by atoms with E-state index in [1.165, 1.54) is 31.3 Å². The minimum atomic E-state index is -0.119. The van der Waals surface area contributed by atoms with Gasteiger partial charge < -0.3 is 4.74 Å². The van der Waals surface area contributed by atoms with Gasteiger partial charge in [-0.1, -0.05) is 25.3 Å². The molecule has 2 heteroatoms. The highest BCUT2D eigenvalue weighted by Crippen LogP contribution is 2.32. The van der Waals surface area contributed by atoms with Crippen LogP contribution in [0.25, 0.3) is 0 Å². The van der Waals surface area contributed by atoms with E-state index in [9.17, 15) is 4.79 Å². The van der Waals surface area contributed by atoms with E-state index in [1.54, 1.807) is 0 Å². The first kappa shape index (κ1) is 13.3. The van der Waals surface area contributed by atoms with Crippen LogP contribution in [-0.2, 0) is 9.53 Å². The van der Waals surface area contributed by atoms with Crippen LogP contribution in [0.2, 0.25) is 0 Å². The van der Waals surface area contributed by atoms with Crippen LogP contribution < -0.4 is 0 Å². The number of ether oxygens (including phenoxy) is 1. The highest BCUT2D eigenvalue weighted by Gasteiger charge is 2.19. The van der Waals surface area contributed by atoms with E-state index in [0.717, 1.165) is 24.3 Å². The molecule has 0 radical (unpaired) electrons. The summed E-state index contributed by atoms with van der Waals surface area (Å²) in [5.74, 6) is 0.759. The summed E-state index contributed by atoms with van der Waals surface area (Å²) in [5, 5.41) is 0. The minimum absolute atomic E-state index is 0.119. The van der Waals surface area contributed by atoms with Gasteiger partial charge >= 0.3 is 5.97 Å². The lowest BCUT2D eigenvalue weighted by Crippen LogP contribution is -2.13. The average Bonchev–Trinajstić information content (AvgIpc) is 2.30. The van der Waals surface area contributed by atoms with Crippen LogP contribution in [0.5, 0.6) is 0 Å². The van der Waals surface area contributed by atoms with Crippen molar-refractivity contribution in [2.24, 2.45) is 5.92 Å². The van der Waals surface area contributed by atoms with Crippen molar-refractivity contribution in [3.8, 4) is 0 Å². The third kappa shape index (κ3) is 3.66. The summed E-state index contributed by atoms with van der Waals surface area (Å²) in [5.41, 5.74) is 2.18. The Morgan fingerprint density at radius 1 is 1.31 bits per heavy atom. The largest absolute Gasteiger partial charge is 0.463 e. The molecule has 0 aromatic carbocycles. The molecule has 1 aliphatic carbocycles. The molecule has 0 unspecified atom stereocenters. The number of allylic oxidation sites excluding steroid dienone is 1. The summed E-state index contributed by atoms with van der Waals surface area (Å²) >= 11 is 0. The van der Waals surface area contributed by atoms with Gasteiger partial charge in [-0.3, -0.25) is 0 Å². The van der Waals surface area contributed by atoms with E-state index >= 15 is 0 Å². The standard InChI is InChI=1S/C14H24O2/c1-4-6-12-7-9-13(10-8-12)11(3)14(15)16-5-2/h12H,4-10H2,1-3H3. The zero-order chi connectivity index (χ0) is 12.0. The van der Waals surface area contributed by atoms with Crippen LogP contribution >= 0.6 is 0 Å². The Labute approximate surface area is 99.1 Å². The zero-order valence-corrected chi connectivity index (χ0v) is 10.8. The second kappa shape index (κ2) is 6.72. The molecule has 16 heavy (non-hydrogen) atoms. The molecule has 0 bridgehead atoms. The van der Waals surface area contributed by atoms with E-state index in [4.69, 9.17) is 4.74 Å². The number of esters is 1. The van der Waals surface area contributed by atoms with Gasteiger partial charge in [-0.15, -0.1) is 0 Å². The Balaban J connectivity index is 2.50. The molecule has 2 nitrogen and oxygen atoms in total. The maximum absolute atomic E-state index is 11.6. The molecule has 0 amide bonds. The number of carbonyl (C=O) groups is 1. The van der Waals surface area contributed by atoms with Crippen molar-refractivity contribution in [2.75, 3.05) is 6.61 Å². The molecule has 0 heterocycles. The predicted molar refractivity (Wildman–Crippen MR) is 66.2 cm³/mol. The van der Waals surface area contributed by atoms with E-state index in [2.05, 4.69) is 6.92 Å². The summed E-state index contributed by atoms with van der Waals surface area (Å²) in [7, 11) is 0. The Hall–Kier alpha value is -0.790. The first-order chi connectivity index (χ1) is 7.69. The van der Waals surface area contributed by atoms with Gasteiger partial charge in [0.25, 0.3) is 0 Å². The SMILES string of the molecule is CCCC1CCC(=C(C)C(=O)OCC)CC1. The number of hydrogen-bond acceptors (Lipinski definition) is 2. The maximum atomic E-state index is 11.6. The van der Waals surface area contributed by atoms with Gasteiger partial charge in [0.15, 0.2) is 0 Å². The average molecular weight is 224 g/mol. The van der Waals surface area contributed by atoms with Crippen LogP contribution in [0.3, 0.4) is 0 Å². The smallest absolute Gasteiger partial charge is 0.333 e. The molecule has 1 aliphatic rings. The molecule has 0 saturated heterocycles. The van der Waals surface area contributed by atoms with Gasteiger partial charge in [-0.25, -0.2) is 4.79 Å². The van der Waals surface area contributed by atoms with Crippen LogP contribution in [0.1, 0.15) is 59.3 Å². The summed E-state index contributed by atoms with van der Waals surface area (Å²) in [4.78, 5) is 11.6. The Morgan fingerprint density at radius 3 is 2.44 bits per heavy atom. The molecular weight excluding hydrogens is 200 g/mol. The van der Waals surface area contributed by atoms with Crippen molar-refractivity contribution in [3.63, 3.8) is 0 Å². The van der Waals surface area contributed by atoms with Crippen molar-refractivity contribution in [3.05, 3.63) is 11.1 Å². The molecule has 1 rings (SSSR count). The third-order valence-electron chi connectivity index (χ3n) is 3.52. The first-order valence-electron chi connectivity index (χ1n) is 6.54. The lowest BCUT2D eigenvalue weighted by molar-refractivity contribution is -0.138. The molecule has 1 fully saturated rings. The topological polar surface area (TPSA) is 26.3 Å². The molecule has 0 aliphatic heterocycles. The Bertz CT molecular complexity index is 256. The van der Waals surface area contributed by atoms with Crippen molar-refractivity contribution in [2.45, 2.75) is 59.3 Å². The van der Waals surface area contributed by atoms with Crippen molar-refractivity contribution < 1.29 is 9.53 Å². The van der Waals surface area contributed by atoms with Gasteiger partial charge in [-0.2, -0.15) is 0 Å². The fraction of sp³-hybridized carbons (Fsp3) is 0.786. The van der Waals surface area contributed by atoms with Crippen LogP contribution in [0.15, 0.2) is 11.1 Å². The molecule has 0 atom stereocenters. The number of carbonyl (C=O) groups excluding carboxylic acids is 1. The molecular formula is C14H24O2. The number of rotatable bonds is 4. The van der Waals surface area contributed by atoms with Crippen molar-refractivity contribution in [1.29, 1.82) is 0 Å². The van der Waals surface area contributed by atoms with Crippen LogP contribution in [-0.4, -0.2) is 12.6 Å². The second-order valence-corrected chi connectivity index (χ2v) is 4.68. The Morgan fingerprint density at radius 2 is 1.94 bits per heavy atom. The second-order valence-electron chi connectivity index (χ2n) is 4.68. The van der Waals surface area contributed by atoms with Crippen molar-refractivity contribution in [1.82, 2.24) is 0 Å². The highest BCUT2D eigenvalue weighted by atomic mass is 16.5. The monoisotopic (exact) mass is 224 g/mol. The molecule has 92 valence electrons. The molecule has 1 saturated carbocycles. The van der Waals surface area contributed by atoms with E-state index < -0.39 is 0 Å². The quantitative estimate of drug-likeness (QED) is 0.535. The maximum Gasteiger partial charge on any atom is 0.333 e. The van der Waals surface area contributed by atoms with Gasteiger partial charge in [0.05, 0.1) is 6.61 Å². The van der Waals surface area contributed by atoms with E-state index in [1.807, 2.05) is 13.8 Å². The normalized spacial score (nSPS) is 20.7. The zero-order valence-electron chi connectivity index (χ0n) is 10.8. The number of hydrogen-bond donors (Lipinski definition) is 0. The first-order valence-corrected chi connectivity index (χ1v) is 6.54. The summed E-state index contributed by atoms with van der Waals surface area (Å²) in [6.07, 6.45) is 7.30. The van der Waals surface area contributed by atoms with E-state index in [0.29, 0.717) is 6.61 Å². The molecule has 0 N–H and O–H groups in total.